The van der Waals surface area contributed by atoms with Crippen molar-refractivity contribution in [2.75, 3.05) is 5.32 Å². The molecule has 0 aliphatic carbocycles. The summed E-state index contributed by atoms with van der Waals surface area (Å²) in [4.78, 5) is 15.9. The van der Waals surface area contributed by atoms with Gasteiger partial charge in [-0.2, -0.15) is 5.10 Å². The van der Waals surface area contributed by atoms with Gasteiger partial charge in [-0.3, -0.25) is 9.78 Å². The van der Waals surface area contributed by atoms with E-state index in [1.807, 2.05) is 19.9 Å². The molecule has 2 heterocycles. The van der Waals surface area contributed by atoms with E-state index in [0.717, 1.165) is 11.1 Å². The lowest BCUT2D eigenvalue weighted by Crippen LogP contribution is -2.23. The smallest absolute Gasteiger partial charge is 0.287 e. The quantitative estimate of drug-likeness (QED) is 0.932. The van der Waals surface area contributed by atoms with Crippen molar-refractivity contribution in [1.82, 2.24) is 14.8 Å². The van der Waals surface area contributed by atoms with Gasteiger partial charge in [0.25, 0.3) is 5.56 Å². The molecular weight excluding hydrogens is 264 g/mol. The Bertz CT molecular complexity index is 639. The van der Waals surface area contributed by atoms with Crippen LogP contribution in [0.1, 0.15) is 18.1 Å². The third-order valence-corrected chi connectivity index (χ3v) is 3.27. The fraction of sp³-hybridized carbons (Fsp3) is 0.308. The SMILES string of the molecule is CCn1ncc(NCc2cnccc2C)c(Cl)c1=O. The predicted octanol–water partition coefficient (Wildman–Crippen LogP) is 2.23. The fourth-order valence-electron chi connectivity index (χ4n) is 1.69. The summed E-state index contributed by atoms with van der Waals surface area (Å²) >= 11 is 6.03. The molecule has 0 bridgehead atoms. The molecule has 1 N–H and O–H groups in total. The zero-order chi connectivity index (χ0) is 13.8. The Morgan fingerprint density at radius 3 is 2.89 bits per heavy atom. The van der Waals surface area contributed by atoms with Crippen molar-refractivity contribution in [1.29, 1.82) is 0 Å². The Kier molecular flexibility index (Phi) is 4.16. The van der Waals surface area contributed by atoms with E-state index in [4.69, 9.17) is 11.6 Å². The van der Waals surface area contributed by atoms with Gasteiger partial charge < -0.3 is 5.32 Å². The maximum absolute atomic E-state index is 11.8. The molecule has 0 radical (unpaired) electrons. The second-order valence-electron chi connectivity index (χ2n) is 4.15. The van der Waals surface area contributed by atoms with Crippen LogP contribution in [-0.2, 0) is 13.1 Å². The van der Waals surface area contributed by atoms with E-state index in [9.17, 15) is 4.79 Å². The summed E-state index contributed by atoms with van der Waals surface area (Å²) in [5, 5.41) is 7.31. The summed E-state index contributed by atoms with van der Waals surface area (Å²) in [5.41, 5.74) is 2.45. The van der Waals surface area contributed by atoms with E-state index < -0.39 is 0 Å². The average Bonchev–Trinajstić information content (AvgIpc) is 2.42. The Morgan fingerprint density at radius 2 is 2.21 bits per heavy atom. The number of nitrogens with zero attached hydrogens (tertiary/aromatic N) is 3. The Labute approximate surface area is 116 Å². The van der Waals surface area contributed by atoms with Crippen molar-refractivity contribution in [3.05, 3.63) is 51.2 Å². The molecular formula is C13H15ClN4O. The van der Waals surface area contributed by atoms with Gasteiger partial charge in [0.2, 0.25) is 0 Å². The van der Waals surface area contributed by atoms with Crippen LogP contribution in [0.3, 0.4) is 0 Å². The molecule has 0 amide bonds. The molecule has 0 unspecified atom stereocenters. The van der Waals surface area contributed by atoms with Crippen molar-refractivity contribution in [3.63, 3.8) is 0 Å². The number of nitrogens with one attached hydrogen (secondary N) is 1. The Hall–Kier alpha value is -1.88. The summed E-state index contributed by atoms with van der Waals surface area (Å²) in [6, 6.07) is 1.94. The third-order valence-electron chi connectivity index (χ3n) is 2.90. The van der Waals surface area contributed by atoms with Crippen LogP contribution in [0.25, 0.3) is 0 Å². The van der Waals surface area contributed by atoms with Crippen molar-refractivity contribution < 1.29 is 0 Å². The normalized spacial score (nSPS) is 10.5. The number of pyridine rings is 1. The third kappa shape index (κ3) is 2.93. The molecule has 100 valence electrons. The molecule has 0 aliphatic heterocycles. The molecule has 0 saturated carbocycles. The highest BCUT2D eigenvalue weighted by Gasteiger charge is 2.08. The van der Waals surface area contributed by atoms with Crippen LogP contribution in [0.5, 0.6) is 0 Å². The number of aryl methyl sites for hydroxylation is 2. The molecule has 0 aliphatic rings. The standard InChI is InChI=1S/C13H15ClN4O/c1-3-18-13(19)12(14)11(8-17-18)16-7-10-6-15-5-4-9(10)2/h4-6,8,16H,3,7H2,1-2H3. The number of rotatable bonds is 4. The van der Waals surface area contributed by atoms with E-state index in [2.05, 4.69) is 15.4 Å². The van der Waals surface area contributed by atoms with Crippen LogP contribution in [-0.4, -0.2) is 14.8 Å². The number of hydrogen-bond donors (Lipinski definition) is 1. The molecule has 2 aromatic rings. The molecule has 19 heavy (non-hydrogen) atoms. The fourth-order valence-corrected chi connectivity index (χ4v) is 1.90. The van der Waals surface area contributed by atoms with Gasteiger partial charge in [-0.25, -0.2) is 4.68 Å². The van der Waals surface area contributed by atoms with Crippen LogP contribution in [0.2, 0.25) is 5.02 Å². The highest BCUT2D eigenvalue weighted by Crippen LogP contribution is 2.17. The summed E-state index contributed by atoms with van der Waals surface area (Å²) in [6.07, 6.45) is 5.10. The maximum atomic E-state index is 11.8. The second-order valence-corrected chi connectivity index (χ2v) is 4.53. The average molecular weight is 279 g/mol. The molecule has 5 nitrogen and oxygen atoms in total. The largest absolute Gasteiger partial charge is 0.378 e. The van der Waals surface area contributed by atoms with Gasteiger partial charge in [-0.05, 0) is 31.0 Å². The highest BCUT2D eigenvalue weighted by molar-refractivity contribution is 6.32. The molecule has 0 spiro atoms. The van der Waals surface area contributed by atoms with E-state index >= 15 is 0 Å². The summed E-state index contributed by atoms with van der Waals surface area (Å²) in [7, 11) is 0. The predicted molar refractivity (Wildman–Crippen MR) is 75.5 cm³/mol. The van der Waals surface area contributed by atoms with Crippen molar-refractivity contribution in [2.45, 2.75) is 26.9 Å². The van der Waals surface area contributed by atoms with Crippen molar-refractivity contribution in [2.24, 2.45) is 0 Å². The number of halogens is 1. The summed E-state index contributed by atoms with van der Waals surface area (Å²) < 4.78 is 1.32. The minimum Gasteiger partial charge on any atom is -0.378 e. The summed E-state index contributed by atoms with van der Waals surface area (Å²) in [6.45, 7) is 4.90. The molecule has 2 aromatic heterocycles. The number of hydrogen-bond acceptors (Lipinski definition) is 4. The van der Waals surface area contributed by atoms with E-state index in [-0.39, 0.29) is 10.6 Å². The van der Waals surface area contributed by atoms with Crippen LogP contribution in [0.4, 0.5) is 5.69 Å². The van der Waals surface area contributed by atoms with E-state index in [1.165, 1.54) is 4.68 Å². The topological polar surface area (TPSA) is 59.8 Å². The van der Waals surface area contributed by atoms with Crippen LogP contribution in [0.15, 0.2) is 29.5 Å². The first kappa shape index (κ1) is 13.5. The lowest BCUT2D eigenvalue weighted by molar-refractivity contribution is 0.616. The van der Waals surface area contributed by atoms with Gasteiger partial charge in [0, 0.05) is 25.5 Å². The molecule has 0 fully saturated rings. The molecule has 6 heteroatoms. The first-order valence-corrected chi connectivity index (χ1v) is 6.40. The lowest BCUT2D eigenvalue weighted by Gasteiger charge is -2.10. The molecule has 0 aromatic carbocycles. The van der Waals surface area contributed by atoms with Crippen molar-refractivity contribution >= 4 is 17.3 Å². The Balaban J connectivity index is 2.19. The van der Waals surface area contributed by atoms with Crippen LogP contribution in [0, 0.1) is 6.92 Å². The monoisotopic (exact) mass is 278 g/mol. The van der Waals surface area contributed by atoms with Gasteiger partial charge in [-0.1, -0.05) is 11.6 Å². The van der Waals surface area contributed by atoms with Gasteiger partial charge in [0.15, 0.2) is 0 Å². The first-order chi connectivity index (χ1) is 9.13. The minimum atomic E-state index is -0.280. The molecule has 2 rings (SSSR count). The zero-order valence-corrected chi connectivity index (χ0v) is 11.6. The van der Waals surface area contributed by atoms with Crippen molar-refractivity contribution in [3.8, 4) is 0 Å². The Morgan fingerprint density at radius 1 is 1.42 bits per heavy atom. The van der Waals surface area contributed by atoms with Crippen LogP contribution >= 0.6 is 11.6 Å². The maximum Gasteiger partial charge on any atom is 0.287 e. The van der Waals surface area contributed by atoms with Gasteiger partial charge in [0.1, 0.15) is 5.02 Å². The van der Waals surface area contributed by atoms with Gasteiger partial charge in [0.05, 0.1) is 11.9 Å². The minimum absolute atomic E-state index is 0.165. The highest BCUT2D eigenvalue weighted by atomic mass is 35.5. The van der Waals surface area contributed by atoms with Crippen LogP contribution < -0.4 is 10.9 Å². The van der Waals surface area contributed by atoms with E-state index in [0.29, 0.717) is 18.8 Å². The zero-order valence-electron chi connectivity index (χ0n) is 10.9. The molecule has 0 saturated heterocycles. The first-order valence-electron chi connectivity index (χ1n) is 6.02. The number of anilines is 1. The number of aromatic nitrogens is 3. The summed E-state index contributed by atoms with van der Waals surface area (Å²) in [5.74, 6) is 0. The van der Waals surface area contributed by atoms with Gasteiger partial charge in [-0.15, -0.1) is 0 Å². The second kappa shape index (κ2) is 5.84. The molecule has 0 atom stereocenters. The van der Waals surface area contributed by atoms with Gasteiger partial charge >= 0.3 is 0 Å². The van der Waals surface area contributed by atoms with E-state index in [1.54, 1.807) is 18.6 Å². The lowest BCUT2D eigenvalue weighted by atomic mass is 10.1.